The largest absolute Gasteiger partial charge is 0.383 e. The van der Waals surface area contributed by atoms with Crippen LogP contribution in [0.3, 0.4) is 0 Å². The van der Waals surface area contributed by atoms with E-state index in [1.54, 1.807) is 20.1 Å². The molecule has 1 atom stereocenters. The Morgan fingerprint density at radius 3 is 2.81 bits per heavy atom. The third kappa shape index (κ3) is 3.20. The number of ether oxygens (including phenoxy) is 1. The molecular weight excluding hydrogens is 208 g/mol. The van der Waals surface area contributed by atoms with Crippen LogP contribution in [0.2, 0.25) is 0 Å². The van der Waals surface area contributed by atoms with E-state index in [0.717, 1.165) is 5.69 Å². The first-order valence-electron chi connectivity index (χ1n) is 5.04. The van der Waals surface area contributed by atoms with Gasteiger partial charge in [-0.15, -0.1) is 0 Å². The van der Waals surface area contributed by atoms with Gasteiger partial charge in [0.1, 0.15) is 5.56 Å². The summed E-state index contributed by atoms with van der Waals surface area (Å²) in [5, 5.41) is 2.67. The summed E-state index contributed by atoms with van der Waals surface area (Å²) in [6.07, 6.45) is 0. The van der Waals surface area contributed by atoms with Crippen LogP contribution >= 0.6 is 0 Å². The van der Waals surface area contributed by atoms with Crippen molar-refractivity contribution in [3.05, 3.63) is 33.7 Å². The number of aromatic nitrogens is 1. The van der Waals surface area contributed by atoms with Gasteiger partial charge in [0.25, 0.3) is 11.5 Å². The molecule has 1 heterocycles. The maximum atomic E-state index is 11.7. The van der Waals surface area contributed by atoms with Gasteiger partial charge >= 0.3 is 0 Å². The fourth-order valence-electron chi connectivity index (χ4n) is 1.34. The molecule has 0 spiro atoms. The standard InChI is InChI=1S/C11H16N2O3/c1-7-4-5-9(10(14)12-7)11(15)13-8(2)6-16-3/h4-5,8H,6H2,1-3H3,(H,12,14)(H,13,15). The summed E-state index contributed by atoms with van der Waals surface area (Å²) < 4.78 is 4.89. The second kappa shape index (κ2) is 5.46. The van der Waals surface area contributed by atoms with Crippen LogP contribution in [-0.4, -0.2) is 30.6 Å². The number of nitrogens with one attached hydrogen (secondary N) is 2. The van der Waals surface area contributed by atoms with Crippen molar-refractivity contribution in [1.82, 2.24) is 10.3 Å². The lowest BCUT2D eigenvalue weighted by atomic mass is 10.2. The summed E-state index contributed by atoms with van der Waals surface area (Å²) in [4.78, 5) is 25.7. The fraction of sp³-hybridized carbons (Fsp3) is 0.455. The van der Waals surface area contributed by atoms with Gasteiger partial charge in [-0.2, -0.15) is 0 Å². The predicted octanol–water partition coefficient (Wildman–Crippen LogP) is 0.448. The number of methoxy groups -OCH3 is 1. The van der Waals surface area contributed by atoms with Gasteiger partial charge in [0.15, 0.2) is 0 Å². The number of aryl methyl sites for hydroxylation is 1. The Labute approximate surface area is 93.8 Å². The van der Waals surface area contributed by atoms with Gasteiger partial charge in [-0.25, -0.2) is 0 Å². The number of carbonyl (C=O) groups is 1. The van der Waals surface area contributed by atoms with Gasteiger partial charge in [-0.1, -0.05) is 0 Å². The number of pyridine rings is 1. The zero-order valence-electron chi connectivity index (χ0n) is 9.66. The first kappa shape index (κ1) is 12.4. The summed E-state index contributed by atoms with van der Waals surface area (Å²) in [7, 11) is 1.56. The van der Waals surface area contributed by atoms with Crippen molar-refractivity contribution in [3.8, 4) is 0 Å². The van der Waals surface area contributed by atoms with Crippen molar-refractivity contribution in [2.75, 3.05) is 13.7 Å². The minimum absolute atomic E-state index is 0.119. The van der Waals surface area contributed by atoms with Gasteiger partial charge < -0.3 is 15.0 Å². The topological polar surface area (TPSA) is 71.2 Å². The van der Waals surface area contributed by atoms with Crippen molar-refractivity contribution >= 4 is 5.91 Å². The van der Waals surface area contributed by atoms with E-state index in [4.69, 9.17) is 4.74 Å². The molecule has 0 aliphatic rings. The van der Waals surface area contributed by atoms with E-state index >= 15 is 0 Å². The Morgan fingerprint density at radius 2 is 2.25 bits per heavy atom. The molecule has 0 aliphatic carbocycles. The summed E-state index contributed by atoms with van der Waals surface area (Å²) in [6.45, 7) is 3.98. The van der Waals surface area contributed by atoms with Crippen LogP contribution in [-0.2, 0) is 4.74 Å². The third-order valence-corrected chi connectivity index (χ3v) is 2.09. The SMILES string of the molecule is COCC(C)NC(=O)c1ccc(C)[nH]c1=O. The van der Waals surface area contributed by atoms with Crippen LogP contribution in [0.25, 0.3) is 0 Å². The number of rotatable bonds is 4. The second-order valence-corrected chi connectivity index (χ2v) is 3.71. The van der Waals surface area contributed by atoms with E-state index in [0.29, 0.717) is 6.61 Å². The van der Waals surface area contributed by atoms with E-state index in [-0.39, 0.29) is 23.1 Å². The molecule has 1 unspecified atom stereocenters. The number of H-pyrrole nitrogens is 1. The molecule has 0 saturated heterocycles. The zero-order valence-corrected chi connectivity index (χ0v) is 9.66. The average molecular weight is 224 g/mol. The summed E-state index contributed by atoms with van der Waals surface area (Å²) in [6, 6.07) is 3.08. The molecule has 16 heavy (non-hydrogen) atoms. The Hall–Kier alpha value is -1.62. The van der Waals surface area contributed by atoms with E-state index < -0.39 is 0 Å². The van der Waals surface area contributed by atoms with E-state index in [1.165, 1.54) is 6.07 Å². The molecule has 1 amide bonds. The highest BCUT2D eigenvalue weighted by atomic mass is 16.5. The first-order valence-corrected chi connectivity index (χ1v) is 5.04. The molecule has 0 aromatic carbocycles. The van der Waals surface area contributed by atoms with Crippen LogP contribution in [0.1, 0.15) is 23.0 Å². The number of amides is 1. The normalized spacial score (nSPS) is 12.2. The monoisotopic (exact) mass is 224 g/mol. The molecule has 5 nitrogen and oxygen atoms in total. The minimum Gasteiger partial charge on any atom is -0.383 e. The molecule has 2 N–H and O–H groups in total. The molecule has 5 heteroatoms. The van der Waals surface area contributed by atoms with Crippen molar-refractivity contribution in [2.45, 2.75) is 19.9 Å². The van der Waals surface area contributed by atoms with Gasteiger partial charge in [0.05, 0.1) is 6.61 Å². The lowest BCUT2D eigenvalue weighted by molar-refractivity contribution is 0.0904. The molecule has 88 valence electrons. The van der Waals surface area contributed by atoms with E-state index in [1.807, 2.05) is 6.92 Å². The van der Waals surface area contributed by atoms with Crippen molar-refractivity contribution in [1.29, 1.82) is 0 Å². The summed E-state index contributed by atoms with van der Waals surface area (Å²) >= 11 is 0. The van der Waals surface area contributed by atoms with Crippen molar-refractivity contribution < 1.29 is 9.53 Å². The maximum absolute atomic E-state index is 11.7. The molecule has 0 bridgehead atoms. The number of hydrogen-bond donors (Lipinski definition) is 2. The fourth-order valence-corrected chi connectivity index (χ4v) is 1.34. The smallest absolute Gasteiger partial charge is 0.260 e. The lowest BCUT2D eigenvalue weighted by Crippen LogP contribution is -2.38. The van der Waals surface area contributed by atoms with Crippen molar-refractivity contribution in [3.63, 3.8) is 0 Å². The van der Waals surface area contributed by atoms with Crippen LogP contribution in [0.5, 0.6) is 0 Å². The first-order chi connectivity index (χ1) is 7.54. The van der Waals surface area contributed by atoms with Gasteiger partial charge in [-0.05, 0) is 26.0 Å². The second-order valence-electron chi connectivity index (χ2n) is 3.71. The molecule has 1 aromatic heterocycles. The van der Waals surface area contributed by atoms with Crippen LogP contribution in [0.15, 0.2) is 16.9 Å². The Kier molecular flexibility index (Phi) is 4.25. The Balaban J connectivity index is 2.77. The quantitative estimate of drug-likeness (QED) is 0.780. The Morgan fingerprint density at radius 1 is 1.56 bits per heavy atom. The maximum Gasteiger partial charge on any atom is 0.260 e. The van der Waals surface area contributed by atoms with Crippen molar-refractivity contribution in [2.24, 2.45) is 0 Å². The highest BCUT2D eigenvalue weighted by Gasteiger charge is 2.12. The average Bonchev–Trinajstić information content (AvgIpc) is 2.17. The highest BCUT2D eigenvalue weighted by molar-refractivity contribution is 5.93. The van der Waals surface area contributed by atoms with Crippen LogP contribution in [0, 0.1) is 6.92 Å². The van der Waals surface area contributed by atoms with E-state index in [9.17, 15) is 9.59 Å². The highest BCUT2D eigenvalue weighted by Crippen LogP contribution is 1.94. The number of carbonyl (C=O) groups excluding carboxylic acids is 1. The molecule has 0 saturated carbocycles. The molecule has 0 radical (unpaired) electrons. The molecule has 0 aliphatic heterocycles. The molecular formula is C11H16N2O3. The number of aromatic amines is 1. The summed E-state index contributed by atoms with van der Waals surface area (Å²) in [5.41, 5.74) is 0.474. The minimum atomic E-state index is -0.384. The summed E-state index contributed by atoms with van der Waals surface area (Å²) in [5.74, 6) is -0.384. The predicted molar refractivity (Wildman–Crippen MR) is 60.6 cm³/mol. The van der Waals surface area contributed by atoms with Gasteiger partial charge in [0.2, 0.25) is 0 Å². The molecule has 0 fully saturated rings. The van der Waals surface area contributed by atoms with Gasteiger partial charge in [0, 0.05) is 18.8 Å². The zero-order chi connectivity index (χ0) is 12.1. The third-order valence-electron chi connectivity index (χ3n) is 2.09. The van der Waals surface area contributed by atoms with Gasteiger partial charge in [-0.3, -0.25) is 9.59 Å². The van der Waals surface area contributed by atoms with Crippen LogP contribution in [0.4, 0.5) is 0 Å². The molecule has 1 aromatic rings. The molecule has 1 rings (SSSR count). The lowest BCUT2D eigenvalue weighted by Gasteiger charge is -2.12. The Bertz CT molecular complexity index is 425. The van der Waals surface area contributed by atoms with E-state index in [2.05, 4.69) is 10.3 Å². The van der Waals surface area contributed by atoms with Crippen LogP contribution < -0.4 is 10.9 Å². The number of hydrogen-bond acceptors (Lipinski definition) is 3.